The Morgan fingerprint density at radius 1 is 1.29 bits per heavy atom. The van der Waals surface area contributed by atoms with Crippen molar-refractivity contribution in [1.29, 1.82) is 0 Å². The molecule has 2 heterocycles. The summed E-state index contributed by atoms with van der Waals surface area (Å²) in [5.41, 5.74) is 0.874. The third-order valence-electron chi connectivity index (χ3n) is 2.71. The van der Waals surface area contributed by atoms with E-state index in [1.807, 2.05) is 0 Å². The van der Waals surface area contributed by atoms with Gasteiger partial charge in [-0.05, 0) is 29.5 Å². The number of imidazole rings is 1. The van der Waals surface area contributed by atoms with Crippen LogP contribution in [0.15, 0.2) is 41.8 Å². The zero-order valence-electron chi connectivity index (χ0n) is 10.9. The molecule has 2 aromatic heterocycles. The van der Waals surface area contributed by atoms with Crippen molar-refractivity contribution in [3.8, 4) is 5.69 Å². The van der Waals surface area contributed by atoms with Crippen LogP contribution in [-0.2, 0) is 10.0 Å². The van der Waals surface area contributed by atoms with Gasteiger partial charge in [-0.1, -0.05) is 12.1 Å². The Morgan fingerprint density at radius 2 is 2.10 bits per heavy atom. The van der Waals surface area contributed by atoms with Gasteiger partial charge in [0.15, 0.2) is 5.03 Å². The number of hydrogen-bond donors (Lipinski definition) is 2. The number of aromatic amines is 1. The molecule has 0 aliphatic heterocycles. The smallest absolute Gasteiger partial charge is 0.279 e. The molecule has 21 heavy (non-hydrogen) atoms. The molecule has 0 atom stereocenters. The number of nitrogens with zero attached hydrogens (tertiary/aromatic N) is 5. The molecule has 3 aromatic rings. The Kier molecular flexibility index (Phi) is 3.14. The first kappa shape index (κ1) is 13.2. The van der Waals surface area contributed by atoms with Gasteiger partial charge in [0, 0.05) is 0 Å². The number of hydrogen-bond acceptors (Lipinski definition) is 6. The Morgan fingerprint density at radius 3 is 2.76 bits per heavy atom. The molecular formula is C11H11N7O2S. The molecule has 3 rings (SSSR count). The summed E-state index contributed by atoms with van der Waals surface area (Å²) in [6, 6.07) is 6.79. The van der Waals surface area contributed by atoms with Gasteiger partial charge in [-0.15, -0.1) is 5.10 Å². The molecule has 0 saturated carbocycles. The number of aryl methyl sites for hydroxylation is 1. The first-order chi connectivity index (χ1) is 10.1. The lowest BCUT2D eigenvalue weighted by Gasteiger charge is -2.10. The molecular weight excluding hydrogens is 294 g/mol. The minimum absolute atomic E-state index is 0.00785. The Bertz CT molecular complexity index is 854. The topological polar surface area (TPSA) is 118 Å². The van der Waals surface area contributed by atoms with Crippen LogP contribution in [0.4, 0.5) is 5.69 Å². The van der Waals surface area contributed by atoms with Crippen LogP contribution < -0.4 is 4.72 Å². The van der Waals surface area contributed by atoms with E-state index in [1.54, 1.807) is 31.2 Å². The van der Waals surface area contributed by atoms with Crippen LogP contribution >= 0.6 is 0 Å². The Hall–Kier alpha value is -2.75. The first-order valence-electron chi connectivity index (χ1n) is 5.93. The van der Waals surface area contributed by atoms with E-state index in [4.69, 9.17) is 0 Å². The summed E-state index contributed by atoms with van der Waals surface area (Å²) in [5.74, 6) is 0.518. The SMILES string of the molecule is Cc1ncc(S(=O)(=O)Nc2ccccc2-n2cnnn2)[nH]1. The van der Waals surface area contributed by atoms with E-state index in [0.717, 1.165) is 0 Å². The van der Waals surface area contributed by atoms with Crippen molar-refractivity contribution in [3.63, 3.8) is 0 Å². The monoisotopic (exact) mass is 305 g/mol. The third kappa shape index (κ3) is 2.60. The molecule has 2 N–H and O–H groups in total. The summed E-state index contributed by atoms with van der Waals surface area (Å²) in [5, 5.41) is 10.8. The number of anilines is 1. The fourth-order valence-corrected chi connectivity index (χ4v) is 2.81. The van der Waals surface area contributed by atoms with E-state index < -0.39 is 10.0 Å². The number of aromatic nitrogens is 6. The van der Waals surface area contributed by atoms with Gasteiger partial charge in [-0.25, -0.2) is 4.98 Å². The second kappa shape index (κ2) is 4.98. The van der Waals surface area contributed by atoms with Crippen LogP contribution in [-0.4, -0.2) is 38.6 Å². The van der Waals surface area contributed by atoms with E-state index in [0.29, 0.717) is 17.2 Å². The molecule has 0 aliphatic rings. The van der Waals surface area contributed by atoms with Crippen molar-refractivity contribution in [2.75, 3.05) is 4.72 Å². The van der Waals surface area contributed by atoms with Gasteiger partial charge in [0.05, 0.1) is 17.6 Å². The number of nitrogens with one attached hydrogen (secondary N) is 2. The lowest BCUT2D eigenvalue weighted by atomic mass is 10.3. The van der Waals surface area contributed by atoms with Gasteiger partial charge >= 0.3 is 0 Å². The second-order valence-corrected chi connectivity index (χ2v) is 5.86. The van der Waals surface area contributed by atoms with Crippen LogP contribution in [0.1, 0.15) is 5.82 Å². The minimum atomic E-state index is -3.76. The number of tetrazole rings is 1. The van der Waals surface area contributed by atoms with Crippen molar-refractivity contribution < 1.29 is 8.42 Å². The lowest BCUT2D eigenvalue weighted by molar-refractivity contribution is 0.598. The highest BCUT2D eigenvalue weighted by Gasteiger charge is 2.18. The molecule has 0 aliphatic carbocycles. The summed E-state index contributed by atoms with van der Waals surface area (Å²) < 4.78 is 28.4. The zero-order chi connectivity index (χ0) is 14.9. The van der Waals surface area contributed by atoms with Gasteiger partial charge in [0.25, 0.3) is 10.0 Å². The van der Waals surface area contributed by atoms with Crippen molar-refractivity contribution >= 4 is 15.7 Å². The molecule has 0 unspecified atom stereocenters. The number of sulfonamides is 1. The summed E-state index contributed by atoms with van der Waals surface area (Å²) in [6.07, 6.45) is 2.64. The van der Waals surface area contributed by atoms with Crippen LogP contribution in [0.5, 0.6) is 0 Å². The van der Waals surface area contributed by atoms with E-state index in [9.17, 15) is 8.42 Å². The summed E-state index contributed by atoms with van der Waals surface area (Å²) in [4.78, 5) is 6.57. The van der Waals surface area contributed by atoms with E-state index >= 15 is 0 Å². The number of rotatable bonds is 4. The number of para-hydroxylation sites is 2. The molecule has 0 saturated heterocycles. The number of H-pyrrole nitrogens is 1. The van der Waals surface area contributed by atoms with E-state index in [2.05, 4.69) is 30.2 Å². The Labute approximate surface area is 120 Å². The van der Waals surface area contributed by atoms with Crippen LogP contribution in [0.2, 0.25) is 0 Å². The van der Waals surface area contributed by atoms with Gasteiger partial charge in [0.1, 0.15) is 12.2 Å². The summed E-state index contributed by atoms with van der Waals surface area (Å²) >= 11 is 0. The maximum absolute atomic E-state index is 12.3. The highest BCUT2D eigenvalue weighted by atomic mass is 32.2. The second-order valence-electron chi connectivity index (χ2n) is 4.21. The van der Waals surface area contributed by atoms with Crippen molar-refractivity contribution in [1.82, 2.24) is 30.2 Å². The van der Waals surface area contributed by atoms with E-state index in [-0.39, 0.29) is 5.03 Å². The third-order valence-corrected chi connectivity index (χ3v) is 3.99. The average Bonchev–Trinajstić information content (AvgIpc) is 3.10. The van der Waals surface area contributed by atoms with Crippen LogP contribution in [0.3, 0.4) is 0 Å². The minimum Gasteiger partial charge on any atom is -0.332 e. The zero-order valence-corrected chi connectivity index (χ0v) is 11.7. The molecule has 0 bridgehead atoms. The van der Waals surface area contributed by atoms with E-state index in [1.165, 1.54) is 17.2 Å². The summed E-state index contributed by atoms with van der Waals surface area (Å²) in [7, 11) is -3.76. The molecule has 9 nitrogen and oxygen atoms in total. The van der Waals surface area contributed by atoms with Gasteiger partial charge in [-0.2, -0.15) is 13.1 Å². The quantitative estimate of drug-likeness (QED) is 0.724. The maximum Gasteiger partial charge on any atom is 0.279 e. The molecule has 1 aromatic carbocycles. The van der Waals surface area contributed by atoms with Crippen LogP contribution in [0.25, 0.3) is 5.69 Å². The lowest BCUT2D eigenvalue weighted by Crippen LogP contribution is -2.15. The van der Waals surface area contributed by atoms with Crippen molar-refractivity contribution in [3.05, 3.63) is 42.6 Å². The molecule has 0 amide bonds. The highest BCUT2D eigenvalue weighted by molar-refractivity contribution is 7.92. The predicted molar refractivity (Wildman–Crippen MR) is 73.3 cm³/mol. The molecule has 108 valence electrons. The standard InChI is InChI=1S/C11H11N7O2S/c1-8-12-6-11(14-8)21(19,20)15-9-4-2-3-5-10(9)18-7-13-16-17-18/h2-7,15H,1H3,(H,12,14). The largest absolute Gasteiger partial charge is 0.332 e. The summed E-state index contributed by atoms with van der Waals surface area (Å²) in [6.45, 7) is 1.67. The predicted octanol–water partition coefficient (Wildman–Crippen LogP) is 0.495. The molecule has 0 fully saturated rings. The first-order valence-corrected chi connectivity index (χ1v) is 7.41. The fourth-order valence-electron chi connectivity index (χ4n) is 1.77. The van der Waals surface area contributed by atoms with Crippen molar-refractivity contribution in [2.45, 2.75) is 11.9 Å². The Balaban J connectivity index is 1.99. The number of benzene rings is 1. The van der Waals surface area contributed by atoms with Crippen LogP contribution in [0, 0.1) is 6.92 Å². The van der Waals surface area contributed by atoms with Gasteiger partial charge < -0.3 is 4.98 Å². The highest BCUT2D eigenvalue weighted by Crippen LogP contribution is 2.21. The molecule has 0 radical (unpaired) electrons. The van der Waals surface area contributed by atoms with Gasteiger partial charge in [-0.3, -0.25) is 4.72 Å². The maximum atomic E-state index is 12.3. The normalized spacial score (nSPS) is 11.5. The molecule has 10 heteroatoms. The van der Waals surface area contributed by atoms with Crippen molar-refractivity contribution in [2.24, 2.45) is 0 Å². The van der Waals surface area contributed by atoms with Gasteiger partial charge in [0.2, 0.25) is 0 Å². The fraction of sp³-hybridized carbons (Fsp3) is 0.0909. The molecule has 0 spiro atoms. The average molecular weight is 305 g/mol.